The van der Waals surface area contributed by atoms with Crippen molar-refractivity contribution in [2.45, 2.75) is 13.0 Å². The highest BCUT2D eigenvalue weighted by Crippen LogP contribution is 2.01. The lowest BCUT2D eigenvalue weighted by Crippen LogP contribution is -2.34. The summed E-state index contributed by atoms with van der Waals surface area (Å²) in [6.07, 6.45) is 0. The molecule has 0 saturated carbocycles. The van der Waals surface area contributed by atoms with E-state index in [1.165, 1.54) is 6.92 Å². The summed E-state index contributed by atoms with van der Waals surface area (Å²) in [6, 6.07) is -1.01. The highest BCUT2D eigenvalue weighted by Gasteiger charge is 2.12. The van der Waals surface area contributed by atoms with E-state index >= 15 is 0 Å². The third-order valence-electron chi connectivity index (χ3n) is 1.01. The number of rotatable bonds is 3. The van der Waals surface area contributed by atoms with Crippen molar-refractivity contribution in [3.05, 3.63) is 0 Å². The lowest BCUT2D eigenvalue weighted by atomic mass is 10.4. The summed E-state index contributed by atoms with van der Waals surface area (Å²) in [6.45, 7) is 1.27. The second-order valence-electron chi connectivity index (χ2n) is 2.27. The summed E-state index contributed by atoms with van der Waals surface area (Å²) >= 11 is 0.887. The zero-order chi connectivity index (χ0) is 10.4. The molecule has 13 heavy (non-hydrogen) atoms. The van der Waals surface area contributed by atoms with Gasteiger partial charge in [-0.1, -0.05) is 11.8 Å². The molecule has 0 bridgehead atoms. The maximum Gasteiger partial charge on any atom is 0.321 e. The molecule has 1 amide bonds. The average Bonchev–Trinajstić information content (AvgIpc) is 1.98. The van der Waals surface area contributed by atoms with E-state index in [0.29, 0.717) is 0 Å². The van der Waals surface area contributed by atoms with Crippen molar-refractivity contribution in [2.75, 3.05) is 5.75 Å². The van der Waals surface area contributed by atoms with E-state index in [-0.39, 0.29) is 16.8 Å². The Morgan fingerprint density at radius 2 is 2.23 bits per heavy atom. The fourth-order valence-electron chi connectivity index (χ4n) is 0.440. The minimum Gasteiger partial charge on any atom is -0.480 e. The topological polar surface area (TPSA) is 116 Å². The van der Waals surface area contributed by atoms with E-state index in [2.05, 4.69) is 5.32 Å². The lowest BCUT2D eigenvalue weighted by molar-refractivity contribution is -0.137. The Hall–Kier alpha value is -1.08. The van der Waals surface area contributed by atoms with Gasteiger partial charge in [-0.3, -0.25) is 15.0 Å². The Morgan fingerprint density at radius 1 is 1.69 bits per heavy atom. The Kier molecular flexibility index (Phi) is 5.09. The molecule has 0 aromatic rings. The molecule has 0 rings (SSSR count). The van der Waals surface area contributed by atoms with Crippen molar-refractivity contribution in [3.63, 3.8) is 0 Å². The molecule has 0 saturated heterocycles. The summed E-state index contributed by atoms with van der Waals surface area (Å²) in [5.41, 5.74) is 5.17. The molecule has 0 heterocycles. The van der Waals surface area contributed by atoms with E-state index < -0.39 is 12.0 Å². The van der Waals surface area contributed by atoms with Gasteiger partial charge in [0.1, 0.15) is 6.04 Å². The first-order valence-corrected chi connectivity index (χ1v) is 4.39. The third kappa shape index (κ3) is 6.12. The van der Waals surface area contributed by atoms with E-state index in [1.807, 2.05) is 0 Å². The Balaban J connectivity index is 3.70. The summed E-state index contributed by atoms with van der Waals surface area (Å²) in [4.78, 5) is 20.7. The van der Waals surface area contributed by atoms with Crippen LogP contribution in [0.1, 0.15) is 6.92 Å². The van der Waals surface area contributed by atoms with Gasteiger partial charge in [0.05, 0.1) is 0 Å². The van der Waals surface area contributed by atoms with Crippen LogP contribution in [0.15, 0.2) is 0 Å². The van der Waals surface area contributed by atoms with Crippen LogP contribution in [0.5, 0.6) is 0 Å². The van der Waals surface area contributed by atoms with Crippen LogP contribution < -0.4 is 11.1 Å². The van der Waals surface area contributed by atoms with Crippen LogP contribution in [0.25, 0.3) is 0 Å². The molecule has 0 aliphatic carbocycles. The fourth-order valence-corrected chi connectivity index (χ4v) is 1.15. The van der Waals surface area contributed by atoms with Gasteiger partial charge in [0.25, 0.3) is 0 Å². The summed E-state index contributed by atoms with van der Waals surface area (Å²) in [5.74, 6) is -1.42. The number of amides is 1. The van der Waals surface area contributed by atoms with Gasteiger partial charge in [0.15, 0.2) is 5.17 Å². The molecular weight excluding hydrogens is 194 g/mol. The smallest absolute Gasteiger partial charge is 0.321 e. The highest BCUT2D eigenvalue weighted by atomic mass is 32.2. The number of thioether (sulfide) groups is 1. The minimum atomic E-state index is -1.12. The second kappa shape index (κ2) is 5.55. The molecule has 1 unspecified atom stereocenters. The molecule has 0 aliphatic heterocycles. The van der Waals surface area contributed by atoms with Crippen LogP contribution in [-0.2, 0) is 9.59 Å². The van der Waals surface area contributed by atoms with E-state index in [1.54, 1.807) is 0 Å². The molecule has 5 N–H and O–H groups in total. The molecule has 0 aromatic carbocycles. The molecule has 0 spiro atoms. The SMILES string of the molecule is CC(=O)NC(=N)SCC(N)C(=O)O. The molecule has 0 fully saturated rings. The number of hydrogen-bond acceptors (Lipinski definition) is 5. The van der Waals surface area contributed by atoms with E-state index in [4.69, 9.17) is 16.2 Å². The maximum absolute atomic E-state index is 10.4. The van der Waals surface area contributed by atoms with Gasteiger partial charge in [-0.25, -0.2) is 0 Å². The summed E-state index contributed by atoms with van der Waals surface area (Å²) in [7, 11) is 0. The van der Waals surface area contributed by atoms with Crippen molar-refractivity contribution in [2.24, 2.45) is 5.73 Å². The molecule has 0 aromatic heterocycles. The van der Waals surface area contributed by atoms with Crippen LogP contribution in [0.4, 0.5) is 0 Å². The van der Waals surface area contributed by atoms with Gasteiger partial charge < -0.3 is 16.2 Å². The van der Waals surface area contributed by atoms with Gasteiger partial charge in [-0.15, -0.1) is 0 Å². The van der Waals surface area contributed by atoms with Gasteiger partial charge in [0.2, 0.25) is 5.91 Å². The monoisotopic (exact) mass is 205 g/mol. The molecule has 6 nitrogen and oxygen atoms in total. The van der Waals surface area contributed by atoms with Crippen molar-refractivity contribution in [3.8, 4) is 0 Å². The second-order valence-corrected chi connectivity index (χ2v) is 3.30. The first-order valence-electron chi connectivity index (χ1n) is 3.40. The Bertz CT molecular complexity index is 231. The molecular formula is C6H11N3O3S. The largest absolute Gasteiger partial charge is 0.480 e. The molecule has 0 aliphatic rings. The van der Waals surface area contributed by atoms with E-state index in [9.17, 15) is 9.59 Å². The number of amidine groups is 1. The number of carbonyl (C=O) groups is 2. The lowest BCUT2D eigenvalue weighted by Gasteiger charge is -2.06. The van der Waals surface area contributed by atoms with Gasteiger partial charge in [-0.2, -0.15) is 0 Å². The third-order valence-corrected chi connectivity index (χ3v) is 1.93. The summed E-state index contributed by atoms with van der Waals surface area (Å²) < 4.78 is 0. The zero-order valence-corrected chi connectivity index (χ0v) is 7.85. The summed E-state index contributed by atoms with van der Waals surface area (Å²) in [5, 5.41) is 17.6. The van der Waals surface area contributed by atoms with Crippen LogP contribution >= 0.6 is 11.8 Å². The number of carbonyl (C=O) groups excluding carboxylic acids is 1. The highest BCUT2D eigenvalue weighted by molar-refractivity contribution is 8.13. The van der Waals surface area contributed by atoms with Crippen LogP contribution in [0, 0.1) is 5.41 Å². The maximum atomic E-state index is 10.4. The number of carboxylic acids is 1. The number of aliphatic carboxylic acids is 1. The first kappa shape index (κ1) is 11.9. The predicted octanol–water partition coefficient (Wildman–Crippen LogP) is -0.798. The van der Waals surface area contributed by atoms with Crippen molar-refractivity contribution in [1.82, 2.24) is 5.32 Å². The van der Waals surface area contributed by atoms with Gasteiger partial charge >= 0.3 is 5.97 Å². The van der Waals surface area contributed by atoms with Gasteiger partial charge in [-0.05, 0) is 0 Å². The minimum absolute atomic E-state index is 0.0639. The predicted molar refractivity (Wildman–Crippen MR) is 49.6 cm³/mol. The van der Waals surface area contributed by atoms with Gasteiger partial charge in [0, 0.05) is 12.7 Å². The Labute approximate surface area is 79.4 Å². The Morgan fingerprint density at radius 3 is 2.62 bits per heavy atom. The van der Waals surface area contributed by atoms with Crippen molar-refractivity contribution < 1.29 is 14.7 Å². The molecule has 0 radical (unpaired) electrons. The molecule has 1 atom stereocenters. The van der Waals surface area contributed by atoms with E-state index in [0.717, 1.165) is 11.8 Å². The van der Waals surface area contributed by atoms with Crippen LogP contribution in [0.3, 0.4) is 0 Å². The molecule has 74 valence electrons. The number of carboxylic acid groups (broad SMARTS) is 1. The fraction of sp³-hybridized carbons (Fsp3) is 0.500. The standard InChI is InChI=1S/C6H11N3O3S/c1-3(10)9-6(8)13-2-4(7)5(11)12/h4H,2,7H2,1H3,(H,11,12)(H2,8,9,10). The first-order chi connectivity index (χ1) is 5.93. The van der Waals surface area contributed by atoms with Crippen molar-refractivity contribution in [1.29, 1.82) is 5.41 Å². The number of nitrogens with two attached hydrogens (primary N) is 1. The zero-order valence-electron chi connectivity index (χ0n) is 7.03. The van der Waals surface area contributed by atoms with Crippen LogP contribution in [-0.4, -0.2) is 33.9 Å². The van der Waals surface area contributed by atoms with Crippen LogP contribution in [0.2, 0.25) is 0 Å². The normalized spacial score (nSPS) is 11.8. The quantitative estimate of drug-likeness (QED) is 0.355. The number of nitrogens with one attached hydrogen (secondary N) is 2. The van der Waals surface area contributed by atoms with Crippen molar-refractivity contribution >= 4 is 28.8 Å². The average molecular weight is 205 g/mol. The molecule has 7 heteroatoms. The number of hydrogen-bond donors (Lipinski definition) is 4.